The Morgan fingerprint density at radius 1 is 1.18 bits per heavy atom. The fourth-order valence-electron chi connectivity index (χ4n) is 3.86. The average Bonchev–Trinajstić information content (AvgIpc) is 2.95. The number of rotatable bonds is 7. The standard InChI is InChI=1S/C21H24N2O5/c1-2-3-9-17(21(27)28)22-18(24)13-10-11-15-16(12-13)20(26)23(19(15)25)14-7-5-4-6-8-14/h2,10-12,14,17H,1,3-9H2,(H,22,24)(H,27,28). The van der Waals surface area contributed by atoms with Gasteiger partial charge in [-0.05, 0) is 43.9 Å². The molecule has 1 unspecified atom stereocenters. The van der Waals surface area contributed by atoms with E-state index < -0.39 is 17.9 Å². The highest BCUT2D eigenvalue weighted by Gasteiger charge is 2.40. The topological polar surface area (TPSA) is 104 Å². The lowest BCUT2D eigenvalue weighted by Gasteiger charge is -2.29. The predicted molar refractivity (Wildman–Crippen MR) is 102 cm³/mol. The molecule has 0 spiro atoms. The van der Waals surface area contributed by atoms with Gasteiger partial charge in [0.1, 0.15) is 6.04 Å². The number of amides is 3. The smallest absolute Gasteiger partial charge is 0.326 e. The van der Waals surface area contributed by atoms with Crippen LogP contribution in [0.3, 0.4) is 0 Å². The number of hydrogen-bond acceptors (Lipinski definition) is 4. The van der Waals surface area contributed by atoms with Gasteiger partial charge in [0.2, 0.25) is 0 Å². The van der Waals surface area contributed by atoms with Crippen LogP contribution in [0.2, 0.25) is 0 Å². The van der Waals surface area contributed by atoms with E-state index in [0.29, 0.717) is 12.0 Å². The minimum atomic E-state index is -1.13. The van der Waals surface area contributed by atoms with Gasteiger partial charge in [0, 0.05) is 11.6 Å². The first-order chi connectivity index (χ1) is 13.4. The molecule has 1 aliphatic carbocycles. The molecule has 3 rings (SSSR count). The normalized spacial score (nSPS) is 17.9. The molecule has 148 valence electrons. The highest BCUT2D eigenvalue weighted by Crippen LogP contribution is 2.31. The molecule has 1 heterocycles. The number of aliphatic carboxylic acids is 1. The lowest BCUT2D eigenvalue weighted by atomic mass is 9.94. The minimum absolute atomic E-state index is 0.0891. The molecule has 1 saturated carbocycles. The molecule has 3 amide bonds. The van der Waals surface area contributed by atoms with Crippen molar-refractivity contribution in [2.45, 2.75) is 57.0 Å². The molecular weight excluding hydrogens is 360 g/mol. The number of fused-ring (bicyclic) bond motifs is 1. The molecule has 7 heteroatoms. The quantitative estimate of drug-likeness (QED) is 0.556. The van der Waals surface area contributed by atoms with Crippen LogP contribution >= 0.6 is 0 Å². The zero-order valence-corrected chi connectivity index (χ0v) is 15.6. The van der Waals surface area contributed by atoms with Crippen LogP contribution in [0.15, 0.2) is 30.9 Å². The SMILES string of the molecule is C=CCCC(NC(=O)c1ccc2c(c1)C(=O)N(C1CCCCC1)C2=O)C(=O)O. The summed E-state index contributed by atoms with van der Waals surface area (Å²) in [6.45, 7) is 3.55. The summed E-state index contributed by atoms with van der Waals surface area (Å²) in [5.41, 5.74) is 0.671. The van der Waals surface area contributed by atoms with Crippen LogP contribution < -0.4 is 5.32 Å². The van der Waals surface area contributed by atoms with E-state index in [9.17, 15) is 24.3 Å². The Morgan fingerprint density at radius 2 is 1.86 bits per heavy atom. The monoisotopic (exact) mass is 384 g/mol. The summed E-state index contributed by atoms with van der Waals surface area (Å²) in [7, 11) is 0. The number of hydrogen-bond donors (Lipinski definition) is 2. The van der Waals surface area contributed by atoms with E-state index in [4.69, 9.17) is 0 Å². The first-order valence-electron chi connectivity index (χ1n) is 9.60. The van der Waals surface area contributed by atoms with Crippen LogP contribution in [0.4, 0.5) is 0 Å². The number of imide groups is 1. The molecule has 0 aromatic heterocycles. The fraction of sp³-hybridized carbons (Fsp3) is 0.429. The first kappa shape index (κ1) is 19.8. The average molecular weight is 384 g/mol. The highest BCUT2D eigenvalue weighted by molar-refractivity contribution is 6.22. The molecule has 2 N–H and O–H groups in total. The van der Waals surface area contributed by atoms with Crippen LogP contribution in [-0.4, -0.2) is 45.8 Å². The van der Waals surface area contributed by atoms with Gasteiger partial charge in [-0.25, -0.2) is 4.79 Å². The maximum Gasteiger partial charge on any atom is 0.326 e. The van der Waals surface area contributed by atoms with Crippen molar-refractivity contribution in [1.82, 2.24) is 10.2 Å². The second-order valence-corrected chi connectivity index (χ2v) is 7.26. The van der Waals surface area contributed by atoms with Gasteiger partial charge in [0.25, 0.3) is 17.7 Å². The summed E-state index contributed by atoms with van der Waals surface area (Å²) in [6.07, 6.45) is 6.97. The Labute approximate surface area is 163 Å². The molecule has 2 aliphatic rings. The summed E-state index contributed by atoms with van der Waals surface area (Å²) < 4.78 is 0. The molecule has 1 atom stereocenters. The fourth-order valence-corrected chi connectivity index (χ4v) is 3.86. The summed E-state index contributed by atoms with van der Waals surface area (Å²) >= 11 is 0. The third-order valence-corrected chi connectivity index (χ3v) is 5.38. The van der Waals surface area contributed by atoms with E-state index >= 15 is 0 Å². The van der Waals surface area contributed by atoms with Crippen molar-refractivity contribution in [3.05, 3.63) is 47.5 Å². The molecule has 0 bridgehead atoms. The van der Waals surface area contributed by atoms with Gasteiger partial charge in [-0.2, -0.15) is 0 Å². The van der Waals surface area contributed by atoms with Crippen LogP contribution in [0, 0.1) is 0 Å². The number of carbonyl (C=O) groups excluding carboxylic acids is 3. The molecule has 0 radical (unpaired) electrons. The minimum Gasteiger partial charge on any atom is -0.480 e. The summed E-state index contributed by atoms with van der Waals surface area (Å²) in [5.74, 6) is -2.40. The molecule has 1 aromatic rings. The van der Waals surface area contributed by atoms with Crippen LogP contribution in [-0.2, 0) is 4.79 Å². The number of nitrogens with zero attached hydrogens (tertiary/aromatic N) is 1. The lowest BCUT2D eigenvalue weighted by molar-refractivity contribution is -0.139. The molecule has 7 nitrogen and oxygen atoms in total. The number of carboxylic acids is 1. The Hall–Kier alpha value is -2.96. The largest absolute Gasteiger partial charge is 0.480 e. The molecule has 28 heavy (non-hydrogen) atoms. The van der Waals surface area contributed by atoms with E-state index in [1.54, 1.807) is 6.08 Å². The summed E-state index contributed by atoms with van der Waals surface area (Å²) in [4.78, 5) is 50.6. The van der Waals surface area contributed by atoms with Gasteiger partial charge < -0.3 is 10.4 Å². The molecule has 1 aliphatic heterocycles. The molecular formula is C21H24N2O5. The molecule has 0 saturated heterocycles. The van der Waals surface area contributed by atoms with Gasteiger partial charge in [0.15, 0.2) is 0 Å². The van der Waals surface area contributed by atoms with Gasteiger partial charge in [-0.1, -0.05) is 25.3 Å². The molecule has 1 fully saturated rings. The van der Waals surface area contributed by atoms with Crippen molar-refractivity contribution in [3.63, 3.8) is 0 Å². The van der Waals surface area contributed by atoms with Gasteiger partial charge in [-0.15, -0.1) is 6.58 Å². The van der Waals surface area contributed by atoms with Crippen molar-refractivity contribution >= 4 is 23.7 Å². The zero-order chi connectivity index (χ0) is 20.3. The van der Waals surface area contributed by atoms with E-state index in [2.05, 4.69) is 11.9 Å². The Balaban J connectivity index is 1.79. The van der Waals surface area contributed by atoms with Crippen molar-refractivity contribution in [2.24, 2.45) is 0 Å². The third kappa shape index (κ3) is 3.83. The van der Waals surface area contributed by atoms with Gasteiger partial charge >= 0.3 is 5.97 Å². The predicted octanol–water partition coefficient (Wildman–Crippen LogP) is 2.76. The third-order valence-electron chi connectivity index (χ3n) is 5.38. The van der Waals surface area contributed by atoms with Crippen LogP contribution in [0.5, 0.6) is 0 Å². The van der Waals surface area contributed by atoms with Crippen molar-refractivity contribution in [3.8, 4) is 0 Å². The number of benzene rings is 1. The van der Waals surface area contributed by atoms with Crippen molar-refractivity contribution in [1.29, 1.82) is 0 Å². The zero-order valence-electron chi connectivity index (χ0n) is 15.6. The molecule has 1 aromatic carbocycles. The maximum absolute atomic E-state index is 12.8. The van der Waals surface area contributed by atoms with Crippen molar-refractivity contribution in [2.75, 3.05) is 0 Å². The Morgan fingerprint density at radius 3 is 2.50 bits per heavy atom. The summed E-state index contributed by atoms with van der Waals surface area (Å²) in [6, 6.07) is 3.19. The van der Waals surface area contributed by atoms with E-state index in [1.165, 1.54) is 23.1 Å². The van der Waals surface area contributed by atoms with Gasteiger partial charge in [0.05, 0.1) is 11.1 Å². The van der Waals surface area contributed by atoms with Crippen LogP contribution in [0.25, 0.3) is 0 Å². The lowest BCUT2D eigenvalue weighted by Crippen LogP contribution is -2.41. The number of carboxylic acid groups (broad SMARTS) is 1. The number of allylic oxidation sites excluding steroid dienone is 1. The van der Waals surface area contributed by atoms with Crippen molar-refractivity contribution < 1.29 is 24.3 Å². The number of carbonyl (C=O) groups is 4. The van der Waals surface area contributed by atoms with E-state index in [-0.39, 0.29) is 35.4 Å². The Kier molecular flexibility index (Phi) is 5.92. The first-order valence-corrected chi connectivity index (χ1v) is 9.60. The highest BCUT2D eigenvalue weighted by atomic mass is 16.4. The van der Waals surface area contributed by atoms with Crippen LogP contribution in [0.1, 0.15) is 76.0 Å². The summed E-state index contributed by atoms with van der Waals surface area (Å²) in [5, 5.41) is 11.7. The second kappa shape index (κ2) is 8.37. The number of nitrogens with one attached hydrogen (secondary N) is 1. The van der Waals surface area contributed by atoms with Gasteiger partial charge in [-0.3, -0.25) is 19.3 Å². The maximum atomic E-state index is 12.8. The van der Waals surface area contributed by atoms with E-state index in [1.807, 2.05) is 0 Å². The second-order valence-electron chi connectivity index (χ2n) is 7.26. The van der Waals surface area contributed by atoms with E-state index in [0.717, 1.165) is 32.1 Å². The Bertz CT molecular complexity index is 826.